The van der Waals surface area contributed by atoms with Crippen molar-refractivity contribution in [2.45, 2.75) is 40.5 Å². The summed E-state index contributed by atoms with van der Waals surface area (Å²) in [4.78, 5) is 0. The summed E-state index contributed by atoms with van der Waals surface area (Å²) in [5, 5.41) is 0. The molecule has 0 heterocycles. The van der Waals surface area contributed by atoms with Gasteiger partial charge in [-0.15, -0.1) is 0 Å². The fraction of sp³-hybridized carbons (Fsp3) is 0.273. The van der Waals surface area contributed by atoms with Crippen molar-refractivity contribution >= 4 is 0 Å². The molecule has 2 aromatic carbocycles. The van der Waals surface area contributed by atoms with Gasteiger partial charge in [0.1, 0.15) is 0 Å². The number of benzene rings is 2. The summed E-state index contributed by atoms with van der Waals surface area (Å²) in [6, 6.07) is 20.9. The van der Waals surface area contributed by atoms with E-state index in [1.807, 2.05) is 50.3 Å². The third-order valence-electron chi connectivity index (χ3n) is 3.00. The summed E-state index contributed by atoms with van der Waals surface area (Å²) in [6.07, 6.45) is 10.3. The number of aryl methyl sites for hydroxylation is 2. The molecule has 0 aliphatic heterocycles. The van der Waals surface area contributed by atoms with E-state index >= 15 is 0 Å². The molecular weight excluding hydrogens is 264 g/mol. The molecule has 0 radical (unpaired) electrons. The van der Waals surface area contributed by atoms with E-state index in [0.717, 1.165) is 12.8 Å². The van der Waals surface area contributed by atoms with E-state index < -0.39 is 0 Å². The Kier molecular flexibility index (Phi) is 13.9. The second-order valence-corrected chi connectivity index (χ2v) is 4.73. The second kappa shape index (κ2) is 15.3. The quantitative estimate of drug-likeness (QED) is 0.557. The second-order valence-electron chi connectivity index (χ2n) is 4.73. The van der Waals surface area contributed by atoms with Crippen LogP contribution in [-0.4, -0.2) is 0 Å². The van der Waals surface area contributed by atoms with Gasteiger partial charge in [-0.05, 0) is 37.8 Å². The van der Waals surface area contributed by atoms with Crippen LogP contribution in [0.4, 0.5) is 0 Å². The van der Waals surface area contributed by atoms with E-state index in [9.17, 15) is 0 Å². The lowest BCUT2D eigenvalue weighted by molar-refractivity contribution is 1.14. The molecule has 0 amide bonds. The van der Waals surface area contributed by atoms with E-state index in [0.29, 0.717) is 0 Å². The van der Waals surface area contributed by atoms with Crippen molar-refractivity contribution in [2.24, 2.45) is 0 Å². The first-order valence-corrected chi connectivity index (χ1v) is 8.10. The zero-order valence-electron chi connectivity index (χ0n) is 14.5. The lowest BCUT2D eigenvalue weighted by atomic mass is 10.2. The van der Waals surface area contributed by atoms with Crippen LogP contribution in [-0.2, 0) is 12.8 Å². The first-order valence-electron chi connectivity index (χ1n) is 8.10. The van der Waals surface area contributed by atoms with Gasteiger partial charge in [-0.25, -0.2) is 0 Å². The maximum Gasteiger partial charge on any atom is -0.0307 e. The van der Waals surface area contributed by atoms with E-state index in [1.54, 1.807) is 0 Å². The summed E-state index contributed by atoms with van der Waals surface area (Å²) < 4.78 is 0. The largest absolute Gasteiger partial charge is 0.0877 e. The number of allylic oxidation sites excluding steroid dienone is 4. The molecule has 0 bridgehead atoms. The van der Waals surface area contributed by atoms with Gasteiger partial charge in [-0.3, -0.25) is 0 Å². The van der Waals surface area contributed by atoms with Crippen LogP contribution in [0.1, 0.15) is 38.8 Å². The molecule has 0 aliphatic carbocycles. The minimum absolute atomic E-state index is 1.14. The zero-order chi connectivity index (χ0) is 16.5. The molecular formula is C22H30. The Labute approximate surface area is 137 Å². The van der Waals surface area contributed by atoms with Crippen LogP contribution in [0, 0.1) is 0 Å². The summed E-state index contributed by atoms with van der Waals surface area (Å²) in [7, 11) is 0. The van der Waals surface area contributed by atoms with Gasteiger partial charge >= 0.3 is 0 Å². The molecule has 0 fully saturated rings. The minimum Gasteiger partial charge on any atom is -0.0877 e. The van der Waals surface area contributed by atoms with Crippen molar-refractivity contribution in [3.63, 3.8) is 0 Å². The number of hydrogen-bond acceptors (Lipinski definition) is 0. The monoisotopic (exact) mass is 294 g/mol. The van der Waals surface area contributed by atoms with Crippen molar-refractivity contribution in [1.82, 2.24) is 0 Å². The summed E-state index contributed by atoms with van der Waals surface area (Å²) in [6.45, 7) is 8.32. The molecule has 0 nitrogen and oxygen atoms in total. The standard InChI is InChI=1S/2C8H10.C6H10/c2*1-2-8-6-4-3-5-7-8;1-3-5-6-4-2/h2*3-7H,2H2,1H3;3-6H,1-2H3/b;;5-3-,6-4-. The summed E-state index contributed by atoms with van der Waals surface area (Å²) in [5.74, 6) is 0. The SMILES string of the molecule is C/C=C\C=C/C.CCc1ccccc1.CCc1ccccc1. The van der Waals surface area contributed by atoms with E-state index in [-0.39, 0.29) is 0 Å². The Bertz CT molecular complexity index is 443. The maximum atomic E-state index is 2.16. The lowest BCUT2D eigenvalue weighted by Gasteiger charge is -1.89. The van der Waals surface area contributed by atoms with Gasteiger partial charge in [0.25, 0.3) is 0 Å². The maximum absolute atomic E-state index is 2.16. The first-order chi connectivity index (χ1) is 10.8. The average molecular weight is 294 g/mol. The minimum atomic E-state index is 1.14. The predicted molar refractivity (Wildman–Crippen MR) is 101 cm³/mol. The molecule has 2 rings (SSSR count). The van der Waals surface area contributed by atoms with Crippen molar-refractivity contribution in [3.05, 3.63) is 96.1 Å². The van der Waals surface area contributed by atoms with Crippen LogP contribution in [0.25, 0.3) is 0 Å². The first kappa shape index (κ1) is 19.9. The van der Waals surface area contributed by atoms with Gasteiger partial charge in [0.2, 0.25) is 0 Å². The smallest absolute Gasteiger partial charge is 0.0307 e. The lowest BCUT2D eigenvalue weighted by Crippen LogP contribution is -1.73. The topological polar surface area (TPSA) is 0 Å². The fourth-order valence-electron chi connectivity index (χ4n) is 1.65. The molecule has 2 aromatic rings. The molecule has 0 aromatic heterocycles. The summed E-state index contributed by atoms with van der Waals surface area (Å²) >= 11 is 0. The highest BCUT2D eigenvalue weighted by atomic mass is 13.9. The Hall–Kier alpha value is -2.08. The third-order valence-corrected chi connectivity index (χ3v) is 3.00. The van der Waals surface area contributed by atoms with Crippen molar-refractivity contribution in [2.75, 3.05) is 0 Å². The fourth-order valence-corrected chi connectivity index (χ4v) is 1.65. The third kappa shape index (κ3) is 11.7. The van der Waals surface area contributed by atoms with Crippen LogP contribution >= 0.6 is 0 Å². The van der Waals surface area contributed by atoms with Gasteiger partial charge in [0.15, 0.2) is 0 Å². The van der Waals surface area contributed by atoms with E-state index in [4.69, 9.17) is 0 Å². The Morgan fingerprint density at radius 3 is 1.09 bits per heavy atom. The van der Waals surface area contributed by atoms with E-state index in [2.05, 4.69) is 62.4 Å². The Balaban J connectivity index is 0.000000306. The van der Waals surface area contributed by atoms with Gasteiger partial charge in [0.05, 0.1) is 0 Å². The highest BCUT2D eigenvalue weighted by molar-refractivity contribution is 5.14. The molecule has 0 spiro atoms. The molecule has 22 heavy (non-hydrogen) atoms. The van der Waals surface area contributed by atoms with E-state index in [1.165, 1.54) is 11.1 Å². The van der Waals surface area contributed by atoms with Gasteiger partial charge < -0.3 is 0 Å². The number of hydrogen-bond donors (Lipinski definition) is 0. The zero-order valence-corrected chi connectivity index (χ0v) is 14.5. The Morgan fingerprint density at radius 1 is 0.591 bits per heavy atom. The highest BCUT2D eigenvalue weighted by Crippen LogP contribution is 1.97. The average Bonchev–Trinajstić information content (AvgIpc) is 2.62. The molecule has 0 N–H and O–H groups in total. The van der Waals surface area contributed by atoms with Gasteiger partial charge in [-0.2, -0.15) is 0 Å². The molecule has 0 saturated heterocycles. The normalized spacial score (nSPS) is 9.82. The van der Waals surface area contributed by atoms with Crippen molar-refractivity contribution in [3.8, 4) is 0 Å². The molecule has 0 atom stereocenters. The molecule has 0 unspecified atom stereocenters. The summed E-state index contributed by atoms with van der Waals surface area (Å²) in [5.41, 5.74) is 2.82. The molecule has 0 heteroatoms. The van der Waals surface area contributed by atoms with Gasteiger partial charge in [-0.1, -0.05) is 98.8 Å². The number of rotatable bonds is 3. The Morgan fingerprint density at radius 2 is 0.909 bits per heavy atom. The van der Waals surface area contributed by atoms with Crippen LogP contribution in [0.2, 0.25) is 0 Å². The molecule has 0 saturated carbocycles. The van der Waals surface area contributed by atoms with Gasteiger partial charge in [0, 0.05) is 0 Å². The van der Waals surface area contributed by atoms with Crippen LogP contribution < -0.4 is 0 Å². The van der Waals surface area contributed by atoms with Crippen LogP contribution in [0.15, 0.2) is 85.0 Å². The van der Waals surface area contributed by atoms with Crippen molar-refractivity contribution in [1.29, 1.82) is 0 Å². The van der Waals surface area contributed by atoms with Crippen molar-refractivity contribution < 1.29 is 0 Å². The highest BCUT2D eigenvalue weighted by Gasteiger charge is 1.80. The molecule has 0 aliphatic rings. The molecule has 118 valence electrons. The predicted octanol–water partition coefficient (Wildman–Crippen LogP) is 6.64. The van der Waals surface area contributed by atoms with Crippen LogP contribution in [0.3, 0.4) is 0 Å². The van der Waals surface area contributed by atoms with Crippen LogP contribution in [0.5, 0.6) is 0 Å².